The van der Waals surface area contributed by atoms with Crippen molar-refractivity contribution in [2.75, 3.05) is 87.8 Å². The van der Waals surface area contributed by atoms with Gasteiger partial charge in [0.15, 0.2) is 29.1 Å². The average Bonchev–Trinajstić information content (AvgIpc) is 3.39. The number of nitriles is 1. The lowest BCUT2D eigenvalue weighted by Crippen LogP contribution is -2.45. The lowest BCUT2D eigenvalue weighted by atomic mass is 9.69. The Kier molecular flexibility index (Phi) is 18.8. The Balaban J connectivity index is 0.000000275. The number of anilines is 1. The van der Waals surface area contributed by atoms with Gasteiger partial charge in [-0.25, -0.2) is 0 Å². The molecule has 5 rings (SSSR count). The summed E-state index contributed by atoms with van der Waals surface area (Å²) in [6.07, 6.45) is 1.69. The van der Waals surface area contributed by atoms with Crippen LogP contribution in [-0.4, -0.2) is 111 Å². The molecule has 0 aromatic heterocycles. The van der Waals surface area contributed by atoms with Gasteiger partial charge in [-0.05, 0) is 118 Å². The number of methoxy groups -OCH3 is 5. The Labute approximate surface area is 373 Å². The minimum atomic E-state index is -0.916. The van der Waals surface area contributed by atoms with Crippen LogP contribution in [0.1, 0.15) is 55.6 Å². The molecule has 1 heterocycles. The smallest absolute Gasteiger partial charge is 0.303 e. The van der Waals surface area contributed by atoms with Crippen LogP contribution in [0.25, 0.3) is 0 Å². The largest absolute Gasteiger partial charge is 0.497 e. The number of esters is 1. The highest BCUT2D eigenvalue weighted by molar-refractivity contribution is 7.99. The number of hydrogen-bond donors (Lipinski definition) is 0. The van der Waals surface area contributed by atoms with Crippen molar-refractivity contribution < 1.29 is 38.0 Å². The summed E-state index contributed by atoms with van der Waals surface area (Å²) >= 11 is 1.54. The Hall–Kier alpha value is -5.42. The zero-order valence-electron chi connectivity index (χ0n) is 38.2. The molecular weight excluding hydrogens is 805 g/mol. The molecular formula is C49H64N4O8S. The number of hydrogen-bond acceptors (Lipinski definition) is 12. The fourth-order valence-electron chi connectivity index (χ4n) is 7.46. The first-order valence-corrected chi connectivity index (χ1v) is 21.7. The van der Waals surface area contributed by atoms with E-state index in [0.717, 1.165) is 71.3 Å². The van der Waals surface area contributed by atoms with Gasteiger partial charge in [0.1, 0.15) is 5.75 Å². The van der Waals surface area contributed by atoms with E-state index < -0.39 is 17.5 Å². The van der Waals surface area contributed by atoms with Crippen LogP contribution in [-0.2, 0) is 26.2 Å². The fourth-order valence-corrected chi connectivity index (χ4v) is 8.78. The number of fused-ring (bicyclic) bond motifs is 1. The van der Waals surface area contributed by atoms with Crippen LogP contribution in [0.2, 0.25) is 0 Å². The molecule has 1 aliphatic heterocycles. The maximum Gasteiger partial charge on any atom is 0.303 e. The fraction of sp³-hybridized carbons (Fsp3) is 0.449. The number of likely N-dealkylation sites (N-methyl/N-ethyl adjacent to an activating group) is 2. The van der Waals surface area contributed by atoms with E-state index in [1.54, 1.807) is 52.2 Å². The number of nitrogens with zero attached hydrogens (tertiary/aromatic N) is 4. The number of para-hydroxylation sites is 1. The van der Waals surface area contributed by atoms with E-state index in [4.69, 9.17) is 28.4 Å². The van der Waals surface area contributed by atoms with E-state index >= 15 is 0 Å². The van der Waals surface area contributed by atoms with Gasteiger partial charge in [0.05, 0.1) is 58.0 Å². The van der Waals surface area contributed by atoms with E-state index in [1.165, 1.54) is 12.5 Å². The van der Waals surface area contributed by atoms with E-state index in [1.807, 2.05) is 97.9 Å². The molecule has 0 saturated heterocycles. The number of amides is 1. The first kappa shape index (κ1) is 49.2. The maximum atomic E-state index is 13.6. The van der Waals surface area contributed by atoms with Crippen LogP contribution in [0.15, 0.2) is 89.8 Å². The molecule has 334 valence electrons. The van der Waals surface area contributed by atoms with Gasteiger partial charge < -0.3 is 43.1 Å². The Morgan fingerprint density at radius 1 is 0.806 bits per heavy atom. The van der Waals surface area contributed by atoms with E-state index in [-0.39, 0.29) is 17.1 Å². The second kappa shape index (κ2) is 23.7. The quantitative estimate of drug-likeness (QED) is 0.0841. The zero-order valence-corrected chi connectivity index (χ0v) is 39.0. The number of benzene rings is 4. The predicted octanol–water partition coefficient (Wildman–Crippen LogP) is 8.46. The molecule has 1 amide bonds. The van der Waals surface area contributed by atoms with Crippen molar-refractivity contribution in [1.29, 1.82) is 5.26 Å². The summed E-state index contributed by atoms with van der Waals surface area (Å²) in [7, 11) is 14.2. The van der Waals surface area contributed by atoms with Gasteiger partial charge in [-0.2, -0.15) is 5.26 Å². The van der Waals surface area contributed by atoms with Crippen molar-refractivity contribution in [2.24, 2.45) is 5.92 Å². The number of carbonyl (C=O) groups excluding carboxylic acids is 2. The van der Waals surface area contributed by atoms with E-state index in [0.29, 0.717) is 24.6 Å². The number of ether oxygens (including phenoxy) is 6. The second-order valence-electron chi connectivity index (χ2n) is 15.8. The molecule has 0 aliphatic carbocycles. The molecule has 0 spiro atoms. The Bertz CT molecular complexity index is 2110. The van der Waals surface area contributed by atoms with E-state index in [9.17, 15) is 14.9 Å². The molecule has 12 nitrogen and oxygen atoms in total. The number of carbonyl (C=O) groups is 2. The minimum Gasteiger partial charge on any atom is -0.497 e. The molecule has 4 aromatic rings. The minimum absolute atomic E-state index is 0.165. The van der Waals surface area contributed by atoms with Crippen molar-refractivity contribution in [3.8, 4) is 34.8 Å². The summed E-state index contributed by atoms with van der Waals surface area (Å²) in [6, 6.07) is 29.9. The third-order valence-electron chi connectivity index (χ3n) is 11.1. The van der Waals surface area contributed by atoms with Gasteiger partial charge in [-0.15, -0.1) is 11.8 Å². The van der Waals surface area contributed by atoms with Crippen LogP contribution in [0.4, 0.5) is 5.69 Å². The molecule has 13 heteroatoms. The highest BCUT2D eigenvalue weighted by atomic mass is 32.2. The van der Waals surface area contributed by atoms with Crippen LogP contribution in [0.5, 0.6) is 28.7 Å². The normalized spacial score (nSPS) is 15.7. The van der Waals surface area contributed by atoms with E-state index in [2.05, 4.69) is 37.9 Å². The van der Waals surface area contributed by atoms with Gasteiger partial charge >= 0.3 is 5.97 Å². The third kappa shape index (κ3) is 12.6. The second-order valence-corrected chi connectivity index (χ2v) is 16.9. The van der Waals surface area contributed by atoms with Gasteiger partial charge in [-0.3, -0.25) is 9.59 Å². The molecule has 0 bridgehead atoms. The summed E-state index contributed by atoms with van der Waals surface area (Å²) in [4.78, 5) is 32.5. The lowest BCUT2D eigenvalue weighted by Gasteiger charge is -2.32. The molecule has 0 N–H and O–H groups in total. The Morgan fingerprint density at radius 2 is 1.44 bits per heavy atom. The van der Waals surface area contributed by atoms with Crippen molar-refractivity contribution in [1.82, 2.24) is 9.80 Å². The van der Waals surface area contributed by atoms with Crippen molar-refractivity contribution in [3.05, 3.63) is 102 Å². The summed E-state index contributed by atoms with van der Waals surface area (Å²) in [5.74, 6) is 3.04. The topological polar surface area (TPSA) is 123 Å². The Morgan fingerprint density at radius 3 is 2.02 bits per heavy atom. The van der Waals surface area contributed by atoms with Crippen LogP contribution < -0.4 is 28.6 Å². The van der Waals surface area contributed by atoms with Gasteiger partial charge in [0, 0.05) is 31.5 Å². The van der Waals surface area contributed by atoms with Gasteiger partial charge in [0.25, 0.3) is 5.91 Å². The zero-order chi connectivity index (χ0) is 45.4. The summed E-state index contributed by atoms with van der Waals surface area (Å²) < 4.78 is 32.4. The first-order valence-electron chi connectivity index (χ1n) is 20.8. The predicted molar refractivity (Wildman–Crippen MR) is 246 cm³/mol. The number of thioether (sulfide) groups is 1. The van der Waals surface area contributed by atoms with Crippen LogP contribution >= 0.6 is 11.8 Å². The molecule has 0 fully saturated rings. The summed E-state index contributed by atoms with van der Waals surface area (Å²) in [5, 5.41) is 9.88. The first-order chi connectivity index (χ1) is 29.7. The molecule has 3 atom stereocenters. The van der Waals surface area contributed by atoms with Crippen LogP contribution in [0.3, 0.4) is 0 Å². The molecule has 0 saturated carbocycles. The molecule has 62 heavy (non-hydrogen) atoms. The van der Waals surface area contributed by atoms with Crippen molar-refractivity contribution in [3.63, 3.8) is 0 Å². The SMILES string of the molecule is COc1ccc(CCN(C)CCCC(C#N)(c2ccc(OC)c(OC)c2)C(C)C)cc1OC.COc1ccc([C@@H]2Sc3ccccc3N(CCN(C)C)C(=O)[C@@H]2OC(C)=O)cc1. The molecule has 1 unspecified atom stereocenters. The highest BCUT2D eigenvalue weighted by Gasteiger charge is 2.41. The highest BCUT2D eigenvalue weighted by Crippen LogP contribution is 2.47. The average molecular weight is 869 g/mol. The van der Waals surface area contributed by atoms with Crippen LogP contribution in [0, 0.1) is 17.2 Å². The molecule has 1 aliphatic rings. The maximum absolute atomic E-state index is 13.6. The molecule has 0 radical (unpaired) electrons. The third-order valence-corrected chi connectivity index (χ3v) is 12.5. The summed E-state index contributed by atoms with van der Waals surface area (Å²) in [5.41, 5.74) is 3.35. The summed E-state index contributed by atoms with van der Waals surface area (Å²) in [6.45, 7) is 8.61. The molecule has 4 aromatic carbocycles. The monoisotopic (exact) mass is 868 g/mol. The van der Waals surface area contributed by atoms with Crippen molar-refractivity contribution >= 4 is 29.3 Å². The standard InChI is InChI=1S/C27H38N2O4.C22H26N2O4S/c1-20(2)27(19-28,22-10-12-24(31-5)26(18-22)33-7)14-8-15-29(3)16-13-21-9-11-23(30-4)25(17-21)32-6;1-15(25)28-20-21(16-9-11-17(27-4)12-10-16)29-19-8-6-5-7-18(19)24(22(20)26)14-13-23(2)3/h9-12,17-18,20H,8,13-16H2,1-7H3;5-12,20-21H,13-14H2,1-4H3/t;20-,21+/m.1/s1. The van der Waals surface area contributed by atoms with Gasteiger partial charge in [0.2, 0.25) is 0 Å². The number of rotatable bonds is 19. The lowest BCUT2D eigenvalue weighted by molar-refractivity contribution is -0.152. The van der Waals surface area contributed by atoms with Crippen molar-refractivity contribution in [2.45, 2.75) is 61.7 Å². The van der Waals surface area contributed by atoms with Gasteiger partial charge in [-0.1, -0.05) is 50.2 Å².